The number of amides is 1. The Balaban J connectivity index is 2.38. The van der Waals surface area contributed by atoms with Crippen molar-refractivity contribution < 1.29 is 13.2 Å². The molecule has 0 aliphatic heterocycles. The minimum absolute atomic E-state index is 0.399. The van der Waals surface area contributed by atoms with Gasteiger partial charge in [-0.1, -0.05) is 34.1 Å². The van der Waals surface area contributed by atoms with E-state index in [1.54, 1.807) is 31.2 Å². The normalized spacial score (nSPS) is 12.5. The van der Waals surface area contributed by atoms with E-state index in [9.17, 15) is 13.2 Å². The Morgan fingerprint density at radius 1 is 1.16 bits per heavy atom. The number of anilines is 2. The predicted molar refractivity (Wildman–Crippen MR) is 105 cm³/mol. The van der Waals surface area contributed by atoms with E-state index in [0.29, 0.717) is 11.4 Å². The maximum atomic E-state index is 12.6. The smallest absolute Gasteiger partial charge is 0.247 e. The van der Waals surface area contributed by atoms with Gasteiger partial charge in [-0.05, 0) is 56.2 Å². The highest BCUT2D eigenvalue weighted by Gasteiger charge is 2.30. The van der Waals surface area contributed by atoms with Gasteiger partial charge >= 0.3 is 0 Å². The number of aryl methyl sites for hydroxylation is 2. The molecule has 134 valence electrons. The first-order valence-corrected chi connectivity index (χ1v) is 10.4. The molecule has 0 saturated carbocycles. The number of hydrogen-bond acceptors (Lipinski definition) is 3. The molecule has 0 unspecified atom stereocenters. The molecule has 5 nitrogen and oxygen atoms in total. The Hall–Kier alpha value is -1.86. The molecule has 1 amide bonds. The van der Waals surface area contributed by atoms with Crippen LogP contribution in [0.5, 0.6) is 0 Å². The molecule has 0 bridgehead atoms. The summed E-state index contributed by atoms with van der Waals surface area (Å²) >= 11 is 3.35. The topological polar surface area (TPSA) is 66.5 Å². The highest BCUT2D eigenvalue weighted by molar-refractivity contribution is 9.10. The van der Waals surface area contributed by atoms with Gasteiger partial charge in [0, 0.05) is 10.2 Å². The Kier molecular flexibility index (Phi) is 5.90. The van der Waals surface area contributed by atoms with Gasteiger partial charge in [-0.2, -0.15) is 0 Å². The molecule has 0 spiro atoms. The van der Waals surface area contributed by atoms with Gasteiger partial charge in [-0.25, -0.2) is 8.42 Å². The van der Waals surface area contributed by atoms with Crippen molar-refractivity contribution in [2.75, 3.05) is 15.9 Å². The quantitative estimate of drug-likeness (QED) is 0.791. The predicted octanol–water partition coefficient (Wildman–Crippen LogP) is 3.86. The van der Waals surface area contributed by atoms with Gasteiger partial charge in [-0.3, -0.25) is 9.10 Å². The number of sulfonamides is 1. The summed E-state index contributed by atoms with van der Waals surface area (Å²) in [5, 5.41) is 2.76. The summed E-state index contributed by atoms with van der Waals surface area (Å²) in [5.41, 5.74) is 2.83. The Morgan fingerprint density at radius 3 is 2.44 bits per heavy atom. The molecule has 7 heteroatoms. The van der Waals surface area contributed by atoms with Crippen LogP contribution in [0, 0.1) is 13.8 Å². The van der Waals surface area contributed by atoms with Crippen LogP contribution in [0.3, 0.4) is 0 Å². The van der Waals surface area contributed by atoms with Crippen LogP contribution in [0.25, 0.3) is 0 Å². The lowest BCUT2D eigenvalue weighted by Gasteiger charge is -2.29. The molecule has 1 N–H and O–H groups in total. The van der Waals surface area contributed by atoms with Gasteiger partial charge in [0.15, 0.2) is 0 Å². The zero-order valence-corrected chi connectivity index (χ0v) is 17.0. The monoisotopic (exact) mass is 424 g/mol. The summed E-state index contributed by atoms with van der Waals surface area (Å²) in [6.07, 6.45) is 1.11. The first-order chi connectivity index (χ1) is 11.6. The van der Waals surface area contributed by atoms with Gasteiger partial charge in [0.05, 0.1) is 11.9 Å². The van der Waals surface area contributed by atoms with E-state index >= 15 is 0 Å². The molecule has 2 aromatic carbocycles. The third kappa shape index (κ3) is 4.83. The molecule has 25 heavy (non-hydrogen) atoms. The maximum absolute atomic E-state index is 12.6. The molecule has 0 saturated heterocycles. The molecule has 0 heterocycles. The van der Waals surface area contributed by atoms with Crippen LogP contribution in [0.2, 0.25) is 0 Å². The van der Waals surface area contributed by atoms with Crippen LogP contribution < -0.4 is 9.62 Å². The van der Waals surface area contributed by atoms with Crippen molar-refractivity contribution in [2.24, 2.45) is 0 Å². The van der Waals surface area contributed by atoms with Crippen molar-refractivity contribution in [3.8, 4) is 0 Å². The molecule has 2 rings (SSSR count). The van der Waals surface area contributed by atoms with E-state index < -0.39 is 22.0 Å². The Bertz CT molecular complexity index is 897. The van der Waals surface area contributed by atoms with Gasteiger partial charge in [-0.15, -0.1) is 0 Å². The number of carbonyl (C=O) groups excluding carboxylic acids is 1. The molecule has 0 aliphatic rings. The zero-order valence-electron chi connectivity index (χ0n) is 14.6. The Morgan fingerprint density at radius 2 is 1.84 bits per heavy atom. The zero-order chi connectivity index (χ0) is 18.8. The SMILES string of the molecule is Cc1ccc(C)c(N([C@H](C)C(=O)Nc2cccc(Br)c2)S(C)(=O)=O)c1. The third-order valence-electron chi connectivity index (χ3n) is 3.78. The minimum Gasteiger partial charge on any atom is -0.324 e. The minimum atomic E-state index is -3.64. The molecule has 2 aromatic rings. The van der Waals surface area contributed by atoms with Crippen molar-refractivity contribution in [3.63, 3.8) is 0 Å². The standard InChI is InChI=1S/C18H21BrN2O3S/c1-12-8-9-13(2)17(10-12)21(25(4,23)24)14(3)18(22)20-16-7-5-6-15(19)11-16/h5-11,14H,1-4H3,(H,20,22)/t14-/m1/s1. The summed E-state index contributed by atoms with van der Waals surface area (Å²) in [5.74, 6) is -0.399. The van der Waals surface area contributed by atoms with E-state index in [4.69, 9.17) is 0 Å². The Labute approximate surface area is 157 Å². The van der Waals surface area contributed by atoms with Crippen LogP contribution in [0.1, 0.15) is 18.1 Å². The van der Waals surface area contributed by atoms with Crippen molar-refractivity contribution in [1.82, 2.24) is 0 Å². The van der Waals surface area contributed by atoms with Crippen LogP contribution in [-0.2, 0) is 14.8 Å². The first kappa shape index (κ1) is 19.5. The van der Waals surface area contributed by atoms with Crippen molar-refractivity contribution in [1.29, 1.82) is 0 Å². The fourth-order valence-electron chi connectivity index (χ4n) is 2.55. The molecule has 0 aliphatic carbocycles. The molecular weight excluding hydrogens is 404 g/mol. The number of carbonyl (C=O) groups is 1. The summed E-state index contributed by atoms with van der Waals surface area (Å²) < 4.78 is 26.8. The first-order valence-electron chi connectivity index (χ1n) is 7.72. The molecular formula is C18H21BrN2O3S. The fourth-order valence-corrected chi connectivity index (χ4v) is 4.17. The third-order valence-corrected chi connectivity index (χ3v) is 5.50. The summed E-state index contributed by atoms with van der Waals surface area (Å²) in [6.45, 7) is 5.29. The van der Waals surface area contributed by atoms with Crippen molar-refractivity contribution >= 4 is 43.2 Å². The van der Waals surface area contributed by atoms with Crippen molar-refractivity contribution in [2.45, 2.75) is 26.8 Å². The van der Waals surface area contributed by atoms with Crippen LogP contribution >= 0.6 is 15.9 Å². The largest absolute Gasteiger partial charge is 0.324 e. The molecule has 0 aromatic heterocycles. The molecule has 0 fully saturated rings. The summed E-state index contributed by atoms with van der Waals surface area (Å²) in [4.78, 5) is 12.6. The van der Waals surface area contributed by atoms with Gasteiger partial charge in [0.1, 0.15) is 6.04 Å². The van der Waals surface area contributed by atoms with E-state index in [1.807, 2.05) is 32.0 Å². The van der Waals surface area contributed by atoms with E-state index in [1.165, 1.54) is 4.31 Å². The molecule has 0 radical (unpaired) electrons. The average molecular weight is 425 g/mol. The van der Waals surface area contributed by atoms with E-state index in [0.717, 1.165) is 21.9 Å². The number of benzene rings is 2. The second-order valence-electron chi connectivity index (χ2n) is 6.02. The maximum Gasteiger partial charge on any atom is 0.247 e. The van der Waals surface area contributed by atoms with Crippen LogP contribution in [0.4, 0.5) is 11.4 Å². The number of hydrogen-bond donors (Lipinski definition) is 1. The number of nitrogens with zero attached hydrogens (tertiary/aromatic N) is 1. The van der Waals surface area contributed by atoms with Crippen LogP contribution in [0.15, 0.2) is 46.9 Å². The fraction of sp³-hybridized carbons (Fsp3) is 0.278. The van der Waals surface area contributed by atoms with Gasteiger partial charge in [0.2, 0.25) is 15.9 Å². The van der Waals surface area contributed by atoms with Gasteiger partial charge in [0.25, 0.3) is 0 Å². The van der Waals surface area contributed by atoms with Gasteiger partial charge < -0.3 is 5.32 Å². The highest BCUT2D eigenvalue weighted by atomic mass is 79.9. The van der Waals surface area contributed by atoms with Crippen LogP contribution in [-0.4, -0.2) is 26.6 Å². The van der Waals surface area contributed by atoms with Crippen molar-refractivity contribution in [3.05, 3.63) is 58.1 Å². The summed E-state index contributed by atoms with van der Waals surface area (Å²) in [7, 11) is -3.64. The number of nitrogens with one attached hydrogen (secondary N) is 1. The molecule has 1 atom stereocenters. The number of rotatable bonds is 5. The lowest BCUT2D eigenvalue weighted by atomic mass is 10.1. The lowest BCUT2D eigenvalue weighted by molar-refractivity contribution is -0.116. The summed E-state index contributed by atoms with van der Waals surface area (Å²) in [6, 6.07) is 11.8. The second-order valence-corrected chi connectivity index (χ2v) is 8.80. The second kappa shape index (κ2) is 7.58. The number of halogens is 1. The van der Waals surface area contributed by atoms with E-state index in [2.05, 4.69) is 21.2 Å². The highest BCUT2D eigenvalue weighted by Crippen LogP contribution is 2.27. The van der Waals surface area contributed by atoms with E-state index in [-0.39, 0.29) is 0 Å². The average Bonchev–Trinajstić information content (AvgIpc) is 2.49. The lowest BCUT2D eigenvalue weighted by Crippen LogP contribution is -2.45.